The van der Waals surface area contributed by atoms with Crippen molar-refractivity contribution in [3.8, 4) is 11.4 Å². The lowest BCUT2D eigenvalue weighted by atomic mass is 10.1. The molecular weight excluding hydrogens is 390 g/mol. The normalized spacial score (nSPS) is 12.1. The summed E-state index contributed by atoms with van der Waals surface area (Å²) in [6.07, 6.45) is 0.852. The minimum absolute atomic E-state index is 0.193. The largest absolute Gasteiger partial charge is 0.384 e. The molecule has 29 heavy (non-hydrogen) atoms. The van der Waals surface area contributed by atoms with E-state index in [4.69, 9.17) is 5.73 Å². The van der Waals surface area contributed by atoms with E-state index in [9.17, 15) is 13.2 Å². The van der Waals surface area contributed by atoms with Crippen molar-refractivity contribution in [2.24, 2.45) is 0 Å². The van der Waals surface area contributed by atoms with Gasteiger partial charge in [-0.15, -0.1) is 0 Å². The maximum Gasteiger partial charge on any atom is 0.319 e. The summed E-state index contributed by atoms with van der Waals surface area (Å²) in [7, 11) is -3.47. The maximum absolute atomic E-state index is 12.8. The third kappa shape index (κ3) is 5.03. The van der Waals surface area contributed by atoms with Crippen LogP contribution in [0.25, 0.3) is 11.4 Å². The molecule has 2 aromatic rings. The predicted octanol–water partition coefficient (Wildman–Crippen LogP) is 3.32. The summed E-state index contributed by atoms with van der Waals surface area (Å²) in [5.41, 5.74) is 7.57. The number of nitrogens with zero attached hydrogens (tertiary/aromatic N) is 2. The number of amides is 2. The van der Waals surface area contributed by atoms with Gasteiger partial charge in [0.2, 0.25) is 0 Å². The van der Waals surface area contributed by atoms with Crippen LogP contribution < -0.4 is 16.4 Å². The molecule has 0 aliphatic carbocycles. The van der Waals surface area contributed by atoms with E-state index in [0.29, 0.717) is 29.3 Å². The number of anilines is 2. The highest BCUT2D eigenvalue weighted by Crippen LogP contribution is 2.33. The molecule has 0 fully saturated rings. The van der Waals surface area contributed by atoms with E-state index in [2.05, 4.69) is 20.6 Å². The fourth-order valence-corrected chi connectivity index (χ4v) is 4.33. The standard InChI is InChI=1S/C20H29N5O3S/c1-6-11-22-19(26)23-15-9-7-14(8-10-15)18-24-16(12-17(21)25-18)20(4,5)29(27,28)13(2)3/h7-10,12-13H,6,11H2,1-5H3,(H2,21,24,25)(H2,22,23,26). The van der Waals surface area contributed by atoms with Crippen molar-refractivity contribution in [1.82, 2.24) is 15.3 Å². The lowest BCUT2D eigenvalue weighted by molar-refractivity contribution is 0.252. The first-order valence-electron chi connectivity index (χ1n) is 9.52. The molecule has 0 unspecified atom stereocenters. The zero-order valence-corrected chi connectivity index (χ0v) is 18.3. The summed E-state index contributed by atoms with van der Waals surface area (Å²) in [5, 5.41) is 4.92. The van der Waals surface area contributed by atoms with Gasteiger partial charge >= 0.3 is 6.03 Å². The zero-order chi connectivity index (χ0) is 21.8. The molecule has 0 bridgehead atoms. The first-order valence-corrected chi connectivity index (χ1v) is 11.1. The van der Waals surface area contributed by atoms with Crippen molar-refractivity contribution in [2.75, 3.05) is 17.6 Å². The molecule has 1 aromatic carbocycles. The van der Waals surface area contributed by atoms with E-state index < -0.39 is 19.8 Å². The Labute approximate surface area is 172 Å². The van der Waals surface area contributed by atoms with Crippen molar-refractivity contribution in [2.45, 2.75) is 51.0 Å². The second-order valence-electron chi connectivity index (χ2n) is 7.56. The van der Waals surface area contributed by atoms with Gasteiger partial charge in [-0.25, -0.2) is 23.2 Å². The number of benzene rings is 1. The monoisotopic (exact) mass is 419 g/mol. The number of hydrogen-bond acceptors (Lipinski definition) is 6. The molecule has 0 spiro atoms. The smallest absolute Gasteiger partial charge is 0.319 e. The van der Waals surface area contributed by atoms with Gasteiger partial charge in [-0.2, -0.15) is 0 Å². The van der Waals surface area contributed by atoms with Crippen LogP contribution in [-0.4, -0.2) is 36.2 Å². The Bertz CT molecular complexity index is 970. The van der Waals surface area contributed by atoms with Crippen LogP contribution in [0, 0.1) is 0 Å². The number of aromatic nitrogens is 2. The molecule has 0 atom stereocenters. The number of nitrogens with one attached hydrogen (secondary N) is 2. The van der Waals surface area contributed by atoms with Crippen molar-refractivity contribution < 1.29 is 13.2 Å². The van der Waals surface area contributed by atoms with Crippen molar-refractivity contribution in [3.05, 3.63) is 36.0 Å². The minimum atomic E-state index is -3.47. The summed E-state index contributed by atoms with van der Waals surface area (Å²) >= 11 is 0. The molecule has 0 aliphatic rings. The van der Waals surface area contributed by atoms with Crippen LogP contribution in [0.4, 0.5) is 16.3 Å². The van der Waals surface area contributed by atoms with Crippen LogP contribution in [0.1, 0.15) is 46.7 Å². The third-order valence-electron chi connectivity index (χ3n) is 4.63. The van der Waals surface area contributed by atoms with Crippen molar-refractivity contribution in [1.29, 1.82) is 0 Å². The van der Waals surface area contributed by atoms with Gasteiger partial charge in [0.25, 0.3) is 0 Å². The summed E-state index contributed by atoms with van der Waals surface area (Å²) in [6, 6.07) is 8.17. The average Bonchev–Trinajstić information content (AvgIpc) is 2.66. The first-order chi connectivity index (χ1) is 13.5. The lowest BCUT2D eigenvalue weighted by Crippen LogP contribution is -2.36. The highest BCUT2D eigenvalue weighted by Gasteiger charge is 2.40. The second-order valence-corrected chi connectivity index (χ2v) is 10.6. The quantitative estimate of drug-likeness (QED) is 0.632. The van der Waals surface area contributed by atoms with E-state index >= 15 is 0 Å². The SMILES string of the molecule is CCCNC(=O)Nc1ccc(-c2nc(N)cc(C(C)(C)S(=O)(=O)C(C)C)n2)cc1. The average molecular weight is 420 g/mol. The Hall–Kier alpha value is -2.68. The van der Waals surface area contributed by atoms with Gasteiger partial charge in [-0.3, -0.25) is 0 Å². The van der Waals surface area contributed by atoms with Crippen LogP contribution >= 0.6 is 0 Å². The number of nitrogens with two attached hydrogens (primary N) is 1. The molecule has 8 nitrogen and oxygen atoms in total. The zero-order valence-electron chi connectivity index (χ0n) is 17.5. The molecule has 0 radical (unpaired) electrons. The number of carbonyl (C=O) groups is 1. The van der Waals surface area contributed by atoms with Crippen LogP contribution in [0.15, 0.2) is 30.3 Å². The van der Waals surface area contributed by atoms with Gasteiger partial charge in [0.05, 0.1) is 10.9 Å². The molecule has 2 rings (SSSR count). The number of nitrogen functional groups attached to an aromatic ring is 1. The van der Waals surface area contributed by atoms with E-state index in [1.54, 1.807) is 52.0 Å². The summed E-state index contributed by atoms with van der Waals surface area (Å²) in [6.45, 7) is 9.10. The summed E-state index contributed by atoms with van der Waals surface area (Å²) in [4.78, 5) is 20.5. The molecule has 158 valence electrons. The van der Waals surface area contributed by atoms with Crippen LogP contribution in [0.5, 0.6) is 0 Å². The van der Waals surface area contributed by atoms with E-state index in [-0.39, 0.29) is 11.8 Å². The summed E-state index contributed by atoms with van der Waals surface area (Å²) < 4.78 is 24.4. The number of rotatable bonds is 7. The Kier molecular flexibility index (Phi) is 6.84. The molecular formula is C20H29N5O3S. The number of urea groups is 1. The molecule has 1 heterocycles. The van der Waals surface area contributed by atoms with Crippen LogP contribution in [0.3, 0.4) is 0 Å². The van der Waals surface area contributed by atoms with Gasteiger partial charge in [0.1, 0.15) is 10.6 Å². The predicted molar refractivity (Wildman–Crippen MR) is 116 cm³/mol. The molecule has 0 saturated carbocycles. The number of hydrogen-bond donors (Lipinski definition) is 3. The van der Waals surface area contributed by atoms with E-state index in [1.807, 2.05) is 6.92 Å². The van der Waals surface area contributed by atoms with Gasteiger partial charge in [-0.1, -0.05) is 6.92 Å². The Balaban J connectivity index is 2.34. The van der Waals surface area contributed by atoms with E-state index in [0.717, 1.165) is 6.42 Å². The van der Waals surface area contributed by atoms with Gasteiger partial charge in [0, 0.05) is 23.9 Å². The fraction of sp³-hybridized carbons (Fsp3) is 0.450. The Morgan fingerprint density at radius 3 is 2.34 bits per heavy atom. The highest BCUT2D eigenvalue weighted by atomic mass is 32.2. The first kappa shape index (κ1) is 22.6. The van der Waals surface area contributed by atoms with Crippen molar-refractivity contribution >= 4 is 27.4 Å². The molecule has 0 aliphatic heterocycles. The Morgan fingerprint density at radius 2 is 1.79 bits per heavy atom. The molecule has 0 saturated heterocycles. The Morgan fingerprint density at radius 1 is 1.17 bits per heavy atom. The third-order valence-corrected chi connectivity index (χ3v) is 7.50. The molecule has 4 N–H and O–H groups in total. The lowest BCUT2D eigenvalue weighted by Gasteiger charge is -2.27. The van der Waals surface area contributed by atoms with Crippen LogP contribution in [0.2, 0.25) is 0 Å². The molecule has 1 aromatic heterocycles. The second kappa shape index (κ2) is 8.77. The van der Waals surface area contributed by atoms with Crippen LogP contribution in [-0.2, 0) is 14.6 Å². The molecule has 2 amide bonds. The fourth-order valence-electron chi connectivity index (χ4n) is 2.75. The minimum Gasteiger partial charge on any atom is -0.384 e. The highest BCUT2D eigenvalue weighted by molar-refractivity contribution is 7.92. The topological polar surface area (TPSA) is 127 Å². The summed E-state index contributed by atoms with van der Waals surface area (Å²) in [5.74, 6) is 0.521. The van der Waals surface area contributed by atoms with Gasteiger partial charge in [0.15, 0.2) is 15.7 Å². The number of carbonyl (C=O) groups excluding carboxylic acids is 1. The van der Waals surface area contributed by atoms with Gasteiger partial charge in [-0.05, 0) is 58.4 Å². The van der Waals surface area contributed by atoms with E-state index in [1.165, 1.54) is 6.07 Å². The maximum atomic E-state index is 12.8. The number of sulfone groups is 1. The van der Waals surface area contributed by atoms with Gasteiger partial charge < -0.3 is 16.4 Å². The van der Waals surface area contributed by atoms with Crippen molar-refractivity contribution in [3.63, 3.8) is 0 Å². The molecule has 9 heteroatoms.